The number of carbonyl (C=O) groups excluding carboxylic acids is 11. The van der Waals surface area contributed by atoms with Gasteiger partial charge in [0.15, 0.2) is 5.96 Å². The summed E-state index contributed by atoms with van der Waals surface area (Å²) in [5.74, 6) is -10.0. The lowest BCUT2D eigenvalue weighted by molar-refractivity contribution is -0.142. The summed E-state index contributed by atoms with van der Waals surface area (Å²) in [6.45, 7) is 9.58. The number of hydrogen-bond donors (Lipinski definition) is 13. The summed E-state index contributed by atoms with van der Waals surface area (Å²) in [4.78, 5) is 150. The van der Waals surface area contributed by atoms with Crippen LogP contribution in [-0.2, 0) is 52.7 Å². The maximum Gasteiger partial charge on any atom is 0.245 e. The Kier molecular flexibility index (Phi) is 27.0. The molecule has 0 unspecified atom stereocenters. The van der Waals surface area contributed by atoms with Gasteiger partial charge in [0.2, 0.25) is 65.0 Å². The molecular formula is C43H76N14O13. The first-order valence-electron chi connectivity index (χ1n) is 23.3. The number of primary amides is 1. The minimum Gasteiger partial charge on any atom is -0.394 e. The van der Waals surface area contributed by atoms with Gasteiger partial charge in [0.25, 0.3) is 0 Å². The van der Waals surface area contributed by atoms with E-state index in [0.717, 1.165) is 11.8 Å². The first-order chi connectivity index (χ1) is 32.8. The number of likely N-dealkylation sites (tertiary alicyclic amines) is 1. The lowest BCUT2D eigenvalue weighted by Crippen LogP contribution is -2.63. The zero-order chi connectivity index (χ0) is 53.4. The maximum atomic E-state index is 14.0. The van der Waals surface area contributed by atoms with E-state index in [1.165, 1.54) is 18.9 Å². The summed E-state index contributed by atoms with van der Waals surface area (Å²) in [5, 5.41) is 40.5. The smallest absolute Gasteiger partial charge is 0.245 e. The van der Waals surface area contributed by atoms with Crippen LogP contribution in [0.15, 0.2) is 4.99 Å². The van der Waals surface area contributed by atoms with Crippen LogP contribution in [0.2, 0.25) is 0 Å². The second-order valence-corrected chi connectivity index (χ2v) is 17.6. The van der Waals surface area contributed by atoms with Gasteiger partial charge in [-0.05, 0) is 57.8 Å². The number of hydrogen-bond acceptors (Lipinski definition) is 14. The highest BCUT2D eigenvalue weighted by Gasteiger charge is 2.40. The molecule has 11 amide bonds. The molecule has 0 aromatic heterocycles. The van der Waals surface area contributed by atoms with Crippen molar-refractivity contribution in [1.29, 1.82) is 0 Å². The molecule has 0 spiro atoms. The number of nitrogens with zero attached hydrogens (tertiary/aromatic N) is 3. The number of aliphatic hydroxyl groups excluding tert-OH is 2. The van der Waals surface area contributed by atoms with Crippen molar-refractivity contribution in [2.75, 3.05) is 46.4 Å². The van der Waals surface area contributed by atoms with E-state index in [2.05, 4.69) is 47.5 Å². The fourth-order valence-electron chi connectivity index (χ4n) is 7.08. The number of nitrogens with two attached hydrogens (primary N) is 3. The summed E-state index contributed by atoms with van der Waals surface area (Å²) < 4.78 is 0. The number of amides is 11. The van der Waals surface area contributed by atoms with Crippen LogP contribution in [0.5, 0.6) is 0 Å². The minimum atomic E-state index is -1.80. The summed E-state index contributed by atoms with van der Waals surface area (Å²) in [7, 11) is 1.36. The Balaban J connectivity index is 3.27. The molecule has 9 atom stereocenters. The van der Waals surface area contributed by atoms with Gasteiger partial charge in [-0.3, -0.25) is 57.7 Å². The number of aliphatic hydroxyl groups is 2. The maximum absolute atomic E-state index is 14.0. The molecule has 0 aromatic rings. The van der Waals surface area contributed by atoms with E-state index in [1.807, 2.05) is 0 Å². The molecule has 1 rings (SSSR count). The van der Waals surface area contributed by atoms with E-state index in [4.69, 9.17) is 17.2 Å². The van der Waals surface area contributed by atoms with Crippen molar-refractivity contribution in [2.45, 2.75) is 142 Å². The molecule has 16 N–H and O–H groups in total. The molecule has 0 saturated carbocycles. The Hall–Kier alpha value is -6.64. The lowest BCUT2D eigenvalue weighted by Gasteiger charge is -2.31. The van der Waals surface area contributed by atoms with Crippen molar-refractivity contribution in [2.24, 2.45) is 34.0 Å². The van der Waals surface area contributed by atoms with Crippen molar-refractivity contribution < 1.29 is 63.0 Å². The summed E-state index contributed by atoms with van der Waals surface area (Å²) in [6, 6.07) is -9.91. The van der Waals surface area contributed by atoms with E-state index in [0.29, 0.717) is 25.8 Å². The Labute approximate surface area is 407 Å². The van der Waals surface area contributed by atoms with Crippen molar-refractivity contribution >= 4 is 70.9 Å². The zero-order valence-corrected chi connectivity index (χ0v) is 41.4. The second kappa shape index (κ2) is 30.8. The Morgan fingerprint density at radius 2 is 1.31 bits per heavy atom. The summed E-state index contributed by atoms with van der Waals surface area (Å²) >= 11 is 0. The van der Waals surface area contributed by atoms with Crippen LogP contribution in [0, 0.1) is 11.8 Å². The monoisotopic (exact) mass is 997 g/mol. The fourth-order valence-corrected chi connectivity index (χ4v) is 7.08. The number of rotatable bonds is 30. The number of carbonyl (C=O) groups is 11. The summed E-state index contributed by atoms with van der Waals surface area (Å²) in [5.41, 5.74) is 16.2. The molecule has 0 aliphatic carbocycles. The van der Waals surface area contributed by atoms with Gasteiger partial charge in [0.1, 0.15) is 42.3 Å². The molecule has 1 heterocycles. The van der Waals surface area contributed by atoms with Gasteiger partial charge in [0, 0.05) is 33.6 Å². The zero-order valence-electron chi connectivity index (χ0n) is 41.4. The van der Waals surface area contributed by atoms with Crippen molar-refractivity contribution in [3.05, 3.63) is 0 Å². The van der Waals surface area contributed by atoms with Crippen LogP contribution in [0.4, 0.5) is 0 Å². The van der Waals surface area contributed by atoms with E-state index in [9.17, 15) is 63.0 Å². The van der Waals surface area contributed by atoms with E-state index >= 15 is 0 Å². The molecule has 0 bridgehead atoms. The standard InChI is InChI=1S/C43H76N14O13/c1-9-23(5)34(40(68)51-26(13-11-15-48-43(45)46)42(70)57-16-12-14-30(57)39(67)47-10-2)54-38(66)29(21-58)53-41(69)35(24(6)59)55-37(65)27(17-22(3)4)52-36(64)28(18-31(44)61)50-32(62)19-49-33(63)20-56(8)25(7)60/h22-24,26-30,34-35,58-59H,9-21H2,1-8H3,(H2,44,61)(H,47,67)(H,49,63)(H,50,62)(H,51,68)(H,52,64)(H,53,69)(H,54,66)(H,55,65)(H4,45,46,48)/t23-,24+,26-,27+,28-,29-,30-,34-,35-/m0/s1. The third kappa shape index (κ3) is 21.3. The van der Waals surface area contributed by atoms with Crippen LogP contribution >= 0.6 is 0 Å². The number of guanidine groups is 1. The van der Waals surface area contributed by atoms with Crippen LogP contribution in [0.1, 0.15) is 93.4 Å². The average molecular weight is 997 g/mol. The topological polar surface area (TPSA) is 421 Å². The largest absolute Gasteiger partial charge is 0.394 e. The second-order valence-electron chi connectivity index (χ2n) is 17.6. The van der Waals surface area contributed by atoms with Crippen molar-refractivity contribution in [1.82, 2.24) is 52.3 Å². The molecule has 1 aliphatic heterocycles. The predicted molar refractivity (Wildman–Crippen MR) is 253 cm³/mol. The first kappa shape index (κ1) is 61.4. The van der Waals surface area contributed by atoms with Crippen LogP contribution in [-0.4, -0.2) is 186 Å². The molecular weight excluding hydrogens is 921 g/mol. The van der Waals surface area contributed by atoms with Crippen LogP contribution in [0.25, 0.3) is 0 Å². The third-order valence-corrected chi connectivity index (χ3v) is 11.2. The summed E-state index contributed by atoms with van der Waals surface area (Å²) in [6.07, 6.45) is -0.841. The normalized spacial score (nSPS) is 16.6. The highest BCUT2D eigenvalue weighted by molar-refractivity contribution is 5.99. The molecule has 27 nitrogen and oxygen atoms in total. The molecule has 0 aromatic carbocycles. The number of aliphatic imine (C=N–C) groups is 1. The molecule has 27 heteroatoms. The molecule has 1 saturated heterocycles. The van der Waals surface area contributed by atoms with E-state index in [1.54, 1.807) is 34.6 Å². The van der Waals surface area contributed by atoms with Crippen LogP contribution < -0.4 is 59.7 Å². The third-order valence-electron chi connectivity index (χ3n) is 11.2. The van der Waals surface area contributed by atoms with Crippen LogP contribution in [0.3, 0.4) is 0 Å². The SMILES string of the molecule is CCNC(=O)[C@@H]1CCCN1C(=O)[C@H](CCCN=C(N)N)NC(=O)[C@@H](NC(=O)[C@H](CO)NC(=O)[C@@H](NC(=O)[C@@H](CC(C)C)NC(=O)[C@H](CC(N)=O)NC(=O)CNC(=O)CN(C)C(C)=O)[C@@H](C)O)[C@@H](C)CC. The van der Waals surface area contributed by atoms with Gasteiger partial charge in [-0.25, -0.2) is 0 Å². The van der Waals surface area contributed by atoms with Gasteiger partial charge in [-0.15, -0.1) is 0 Å². The first-order valence-corrected chi connectivity index (χ1v) is 23.3. The molecule has 1 aliphatic rings. The highest BCUT2D eigenvalue weighted by Crippen LogP contribution is 2.20. The van der Waals surface area contributed by atoms with Gasteiger partial charge in [0.05, 0.1) is 32.2 Å². The van der Waals surface area contributed by atoms with Gasteiger partial charge < -0.3 is 79.7 Å². The number of nitrogens with one attached hydrogen (secondary N) is 8. The highest BCUT2D eigenvalue weighted by atomic mass is 16.3. The molecule has 0 radical (unpaired) electrons. The Bertz CT molecular complexity index is 1880. The fraction of sp³-hybridized carbons (Fsp3) is 0.721. The lowest BCUT2D eigenvalue weighted by atomic mass is 9.97. The van der Waals surface area contributed by atoms with Crippen molar-refractivity contribution in [3.8, 4) is 0 Å². The van der Waals surface area contributed by atoms with Gasteiger partial charge >= 0.3 is 0 Å². The van der Waals surface area contributed by atoms with Gasteiger partial charge in [-0.2, -0.15) is 0 Å². The average Bonchev–Trinajstić information content (AvgIpc) is 3.78. The van der Waals surface area contributed by atoms with E-state index < -0.39 is 133 Å². The molecule has 396 valence electrons. The Morgan fingerprint density at radius 3 is 1.86 bits per heavy atom. The van der Waals surface area contributed by atoms with Crippen molar-refractivity contribution in [3.63, 3.8) is 0 Å². The molecule has 1 fully saturated rings. The predicted octanol–water partition coefficient (Wildman–Crippen LogP) is -5.99. The van der Waals surface area contributed by atoms with Gasteiger partial charge in [-0.1, -0.05) is 34.1 Å². The minimum absolute atomic E-state index is 0.0547. The van der Waals surface area contributed by atoms with E-state index in [-0.39, 0.29) is 56.7 Å². The molecule has 70 heavy (non-hydrogen) atoms. The number of likely N-dealkylation sites (N-methyl/N-ethyl adjacent to an activating group) is 2. The quantitative estimate of drug-likeness (QED) is 0.0181. The Morgan fingerprint density at radius 1 is 0.743 bits per heavy atom.